The van der Waals surface area contributed by atoms with Gasteiger partial charge in [0.25, 0.3) is 0 Å². The van der Waals surface area contributed by atoms with E-state index in [0.717, 1.165) is 5.56 Å². The molecular weight excluding hydrogens is 231 g/mol. The smallest absolute Gasteiger partial charge is 0.240 e. The molecule has 1 aromatic carbocycles. The Morgan fingerprint density at radius 1 is 1.39 bits per heavy atom. The lowest BCUT2D eigenvalue weighted by molar-refractivity contribution is -0.126. The zero-order chi connectivity index (χ0) is 13.6. The molecule has 1 amide bonds. The number of rotatable bonds is 6. The molecular formula is C14H21FN2O. The summed E-state index contributed by atoms with van der Waals surface area (Å²) in [4.78, 5) is 11.9. The summed E-state index contributed by atoms with van der Waals surface area (Å²) in [5.74, 6) is -0.391. The van der Waals surface area contributed by atoms with Crippen LogP contribution in [0.15, 0.2) is 24.3 Å². The van der Waals surface area contributed by atoms with Gasteiger partial charge in [-0.15, -0.1) is 0 Å². The van der Waals surface area contributed by atoms with E-state index in [0.29, 0.717) is 25.8 Å². The largest absolute Gasteiger partial charge is 0.354 e. The zero-order valence-corrected chi connectivity index (χ0v) is 11.0. The number of hydrogen-bond acceptors (Lipinski definition) is 2. The van der Waals surface area contributed by atoms with E-state index in [9.17, 15) is 9.18 Å². The SMILES string of the molecule is CCC(N)(CC)C(=O)NCCc1cccc(F)c1. The highest BCUT2D eigenvalue weighted by Crippen LogP contribution is 2.11. The number of nitrogens with two attached hydrogens (primary N) is 1. The average Bonchev–Trinajstić information content (AvgIpc) is 2.37. The van der Waals surface area contributed by atoms with E-state index in [4.69, 9.17) is 5.73 Å². The van der Waals surface area contributed by atoms with Gasteiger partial charge < -0.3 is 11.1 Å². The summed E-state index contributed by atoms with van der Waals surface area (Å²) in [7, 11) is 0. The van der Waals surface area contributed by atoms with E-state index in [2.05, 4.69) is 5.32 Å². The van der Waals surface area contributed by atoms with Crippen molar-refractivity contribution in [3.63, 3.8) is 0 Å². The number of hydrogen-bond donors (Lipinski definition) is 2. The fourth-order valence-corrected chi connectivity index (χ4v) is 1.76. The molecule has 0 saturated carbocycles. The van der Waals surface area contributed by atoms with E-state index < -0.39 is 5.54 Å². The van der Waals surface area contributed by atoms with Crippen LogP contribution in [0.2, 0.25) is 0 Å². The summed E-state index contributed by atoms with van der Waals surface area (Å²) in [6.07, 6.45) is 1.82. The van der Waals surface area contributed by atoms with Crippen LogP contribution < -0.4 is 11.1 Å². The van der Waals surface area contributed by atoms with Crippen molar-refractivity contribution in [2.75, 3.05) is 6.54 Å². The molecule has 0 bridgehead atoms. The maximum absolute atomic E-state index is 12.9. The van der Waals surface area contributed by atoms with Crippen molar-refractivity contribution < 1.29 is 9.18 Å². The molecule has 0 fully saturated rings. The van der Waals surface area contributed by atoms with Crippen LogP contribution in [0.5, 0.6) is 0 Å². The molecule has 0 aliphatic carbocycles. The maximum Gasteiger partial charge on any atom is 0.240 e. The number of amides is 1. The van der Waals surface area contributed by atoms with Crippen LogP contribution >= 0.6 is 0 Å². The van der Waals surface area contributed by atoms with Crippen molar-refractivity contribution in [1.82, 2.24) is 5.32 Å². The molecule has 1 rings (SSSR count). The summed E-state index contributed by atoms with van der Waals surface area (Å²) in [5.41, 5.74) is 6.05. The minimum absolute atomic E-state index is 0.135. The highest BCUT2D eigenvalue weighted by molar-refractivity contribution is 5.85. The summed E-state index contributed by atoms with van der Waals surface area (Å²) in [5, 5.41) is 2.81. The molecule has 0 aliphatic rings. The molecule has 3 nitrogen and oxygen atoms in total. The summed E-state index contributed by atoms with van der Waals surface area (Å²) in [6.45, 7) is 4.27. The third-order valence-corrected chi connectivity index (χ3v) is 3.30. The Labute approximate surface area is 108 Å². The lowest BCUT2D eigenvalue weighted by atomic mass is 9.93. The van der Waals surface area contributed by atoms with E-state index in [1.165, 1.54) is 12.1 Å². The lowest BCUT2D eigenvalue weighted by Gasteiger charge is -2.25. The predicted octanol–water partition coefficient (Wildman–Crippen LogP) is 2.00. The standard InChI is InChI=1S/C14H21FN2O/c1-3-14(16,4-2)13(18)17-9-8-11-6-5-7-12(15)10-11/h5-7,10H,3-4,8-9,16H2,1-2H3,(H,17,18). The molecule has 4 heteroatoms. The Kier molecular flexibility index (Phi) is 5.28. The van der Waals surface area contributed by atoms with Crippen LogP contribution in [-0.2, 0) is 11.2 Å². The molecule has 0 aromatic heterocycles. The third kappa shape index (κ3) is 3.81. The first-order valence-electron chi connectivity index (χ1n) is 6.33. The molecule has 0 spiro atoms. The van der Waals surface area contributed by atoms with Crippen molar-refractivity contribution in [3.8, 4) is 0 Å². The number of carbonyl (C=O) groups excluding carboxylic acids is 1. The van der Waals surface area contributed by atoms with Gasteiger partial charge in [-0.25, -0.2) is 4.39 Å². The van der Waals surface area contributed by atoms with Gasteiger partial charge in [0.2, 0.25) is 5.91 Å². The highest BCUT2D eigenvalue weighted by atomic mass is 19.1. The fourth-order valence-electron chi connectivity index (χ4n) is 1.76. The Balaban J connectivity index is 2.45. The highest BCUT2D eigenvalue weighted by Gasteiger charge is 2.29. The van der Waals surface area contributed by atoms with Crippen molar-refractivity contribution in [3.05, 3.63) is 35.6 Å². The van der Waals surface area contributed by atoms with Gasteiger partial charge in [-0.05, 0) is 37.0 Å². The molecule has 0 unspecified atom stereocenters. The maximum atomic E-state index is 12.9. The summed E-state index contributed by atoms with van der Waals surface area (Å²) < 4.78 is 12.9. The van der Waals surface area contributed by atoms with Crippen molar-refractivity contribution in [1.29, 1.82) is 0 Å². The van der Waals surface area contributed by atoms with Crippen LogP contribution in [0.1, 0.15) is 32.3 Å². The van der Waals surface area contributed by atoms with Crippen molar-refractivity contribution in [2.24, 2.45) is 5.73 Å². The van der Waals surface area contributed by atoms with Crippen LogP contribution in [0.25, 0.3) is 0 Å². The second-order valence-electron chi connectivity index (χ2n) is 4.50. The number of carbonyl (C=O) groups is 1. The van der Waals surface area contributed by atoms with Gasteiger partial charge in [-0.2, -0.15) is 0 Å². The molecule has 0 saturated heterocycles. The minimum Gasteiger partial charge on any atom is -0.354 e. The molecule has 100 valence electrons. The van der Waals surface area contributed by atoms with Gasteiger partial charge in [0.1, 0.15) is 5.82 Å². The first-order chi connectivity index (χ1) is 8.51. The Morgan fingerprint density at radius 3 is 2.61 bits per heavy atom. The molecule has 18 heavy (non-hydrogen) atoms. The lowest BCUT2D eigenvalue weighted by Crippen LogP contribution is -2.53. The summed E-state index contributed by atoms with van der Waals surface area (Å²) >= 11 is 0. The second-order valence-corrected chi connectivity index (χ2v) is 4.50. The first kappa shape index (κ1) is 14.6. The van der Waals surface area contributed by atoms with E-state index >= 15 is 0 Å². The van der Waals surface area contributed by atoms with E-state index in [1.807, 2.05) is 19.9 Å². The van der Waals surface area contributed by atoms with Gasteiger partial charge in [0.05, 0.1) is 5.54 Å². The number of halogens is 1. The molecule has 0 aliphatic heterocycles. The minimum atomic E-state index is -0.790. The first-order valence-corrected chi connectivity index (χ1v) is 6.33. The molecule has 1 aromatic rings. The fraction of sp³-hybridized carbons (Fsp3) is 0.500. The molecule has 0 atom stereocenters. The molecule has 0 radical (unpaired) electrons. The van der Waals surface area contributed by atoms with Gasteiger partial charge in [0, 0.05) is 6.54 Å². The van der Waals surface area contributed by atoms with Crippen LogP contribution in [0, 0.1) is 5.82 Å². The Bertz CT molecular complexity index is 403. The van der Waals surface area contributed by atoms with E-state index in [1.54, 1.807) is 6.07 Å². The van der Waals surface area contributed by atoms with E-state index in [-0.39, 0.29) is 11.7 Å². The quantitative estimate of drug-likeness (QED) is 0.813. The second kappa shape index (κ2) is 6.50. The zero-order valence-electron chi connectivity index (χ0n) is 11.0. The summed E-state index contributed by atoms with van der Waals surface area (Å²) in [6, 6.07) is 6.38. The third-order valence-electron chi connectivity index (χ3n) is 3.30. The number of benzene rings is 1. The van der Waals surface area contributed by atoms with Gasteiger partial charge >= 0.3 is 0 Å². The topological polar surface area (TPSA) is 55.1 Å². The molecule has 0 heterocycles. The van der Waals surface area contributed by atoms with Crippen LogP contribution in [0.3, 0.4) is 0 Å². The van der Waals surface area contributed by atoms with Crippen LogP contribution in [0.4, 0.5) is 4.39 Å². The molecule has 3 N–H and O–H groups in total. The predicted molar refractivity (Wildman–Crippen MR) is 70.6 cm³/mol. The average molecular weight is 252 g/mol. The Morgan fingerprint density at radius 2 is 2.06 bits per heavy atom. The van der Waals surface area contributed by atoms with Gasteiger partial charge in [-0.1, -0.05) is 26.0 Å². The van der Waals surface area contributed by atoms with Gasteiger partial charge in [-0.3, -0.25) is 4.79 Å². The Hall–Kier alpha value is -1.42. The number of nitrogens with one attached hydrogen (secondary N) is 1. The normalized spacial score (nSPS) is 11.3. The van der Waals surface area contributed by atoms with Gasteiger partial charge in [0.15, 0.2) is 0 Å². The van der Waals surface area contributed by atoms with Crippen molar-refractivity contribution in [2.45, 2.75) is 38.6 Å². The van der Waals surface area contributed by atoms with Crippen LogP contribution in [-0.4, -0.2) is 18.0 Å². The monoisotopic (exact) mass is 252 g/mol. The van der Waals surface area contributed by atoms with Crippen molar-refractivity contribution >= 4 is 5.91 Å².